The average molecular weight is 774 g/mol. The van der Waals surface area contributed by atoms with E-state index in [0.717, 1.165) is 23.5 Å². The first-order chi connectivity index (χ1) is 26.5. The van der Waals surface area contributed by atoms with Crippen LogP contribution in [-0.2, 0) is 20.4 Å². The molecule has 1 unspecified atom stereocenters. The highest BCUT2D eigenvalue weighted by Crippen LogP contribution is 2.34. The molecule has 6 rings (SSSR count). The van der Waals surface area contributed by atoms with Gasteiger partial charge in [-0.2, -0.15) is 17.9 Å². The Hall–Kier alpha value is -6.20. The molecule has 3 aromatic heterocycles. The Morgan fingerprint density at radius 3 is 2.20 bits per heavy atom. The minimum atomic E-state index is -4.48. The van der Waals surface area contributed by atoms with E-state index in [9.17, 15) is 27.6 Å². The molecular weight excluding hydrogens is 740 g/mol. The van der Waals surface area contributed by atoms with Crippen LogP contribution >= 0.6 is 11.3 Å². The van der Waals surface area contributed by atoms with Crippen molar-refractivity contribution in [1.29, 1.82) is 0 Å². The van der Waals surface area contributed by atoms with E-state index in [2.05, 4.69) is 30.5 Å². The summed E-state index contributed by atoms with van der Waals surface area (Å²) in [5.74, 6) is -1.28. The lowest BCUT2D eigenvalue weighted by Crippen LogP contribution is -2.25. The minimum absolute atomic E-state index is 0.158. The minimum Gasteiger partial charge on any atom is -0.379 e. The molecule has 0 radical (unpaired) electrons. The number of carbonyl (C=O) groups is 1. The van der Waals surface area contributed by atoms with E-state index in [-0.39, 0.29) is 49.2 Å². The van der Waals surface area contributed by atoms with E-state index in [1.165, 1.54) is 21.5 Å². The van der Waals surface area contributed by atoms with Crippen LogP contribution in [0.5, 0.6) is 0 Å². The maximum absolute atomic E-state index is 14.4. The number of halogens is 3. The Kier molecular flexibility index (Phi) is 11.8. The molecule has 3 heterocycles. The van der Waals surface area contributed by atoms with Gasteiger partial charge >= 0.3 is 6.18 Å². The third-order valence-electron chi connectivity index (χ3n) is 8.55. The molecule has 14 nitrogen and oxygen atoms in total. The van der Waals surface area contributed by atoms with Crippen molar-refractivity contribution >= 4 is 22.9 Å². The number of amides is 1. The van der Waals surface area contributed by atoms with Crippen LogP contribution in [0.3, 0.4) is 0 Å². The van der Waals surface area contributed by atoms with Crippen molar-refractivity contribution in [1.82, 2.24) is 24.5 Å². The fraction of sp³-hybridized carbons (Fsp3) is 0.243. The second-order valence-corrected chi connectivity index (χ2v) is 13.1. The van der Waals surface area contributed by atoms with Gasteiger partial charge in [0, 0.05) is 45.4 Å². The number of nitrogens with zero attached hydrogens (tertiary/aromatic N) is 6. The fourth-order valence-electron chi connectivity index (χ4n) is 5.99. The first-order valence-corrected chi connectivity index (χ1v) is 17.7. The molecule has 0 aliphatic heterocycles. The van der Waals surface area contributed by atoms with Crippen LogP contribution in [0, 0.1) is 13.8 Å². The highest BCUT2D eigenvalue weighted by Gasteiger charge is 2.32. The lowest BCUT2D eigenvalue weighted by atomic mass is 9.85. The molecule has 0 saturated heterocycles. The van der Waals surface area contributed by atoms with Gasteiger partial charge in [0.2, 0.25) is 11.0 Å². The van der Waals surface area contributed by atoms with E-state index in [1.54, 1.807) is 67.8 Å². The summed E-state index contributed by atoms with van der Waals surface area (Å²) in [6.07, 6.45) is -4.48. The normalized spacial score (nSPS) is 12.0. The molecule has 3 aromatic carbocycles. The molecule has 0 spiro atoms. The largest absolute Gasteiger partial charge is 0.416 e. The van der Waals surface area contributed by atoms with E-state index < -0.39 is 29.1 Å². The summed E-state index contributed by atoms with van der Waals surface area (Å²) in [5, 5.41) is 14.3. The molecule has 3 N–H and O–H groups in total. The predicted octanol–water partition coefficient (Wildman–Crippen LogP) is 6.87. The molecule has 6 aromatic rings. The van der Waals surface area contributed by atoms with E-state index in [1.807, 2.05) is 6.07 Å². The molecule has 0 aliphatic carbocycles. The van der Waals surface area contributed by atoms with Crippen LogP contribution in [0.4, 0.5) is 18.9 Å². The van der Waals surface area contributed by atoms with E-state index in [4.69, 9.17) is 15.0 Å². The lowest BCUT2D eigenvalue weighted by Gasteiger charge is -2.16. The van der Waals surface area contributed by atoms with Gasteiger partial charge in [0.1, 0.15) is 6.61 Å². The van der Waals surface area contributed by atoms with E-state index >= 15 is 0 Å². The summed E-state index contributed by atoms with van der Waals surface area (Å²) in [6, 6.07) is 20.4. The average Bonchev–Trinajstić information content (AvgIpc) is 3.86. The number of rotatable bonds is 15. The third kappa shape index (κ3) is 8.79. The standard InChI is InChI=1S/C37H34F3N9O5S/c1-22-31(34(51)48(45-22)28-6-4-3-5-7-28)33(25-10-14-27(15-11-25)43-30(50)20-54-19-18-53-17-16-42-47-41)32-23(2)46-49(35(32)52)36-44-29(21-55-36)24-8-12-26(13-9-24)37(38,39)40/h3-15,21,33,45-46H,16-20H2,1-2H3,(H,43,50). The molecule has 0 saturated carbocycles. The Bertz CT molecular complexity index is 2430. The molecule has 0 bridgehead atoms. The van der Waals surface area contributed by atoms with Gasteiger partial charge in [-0.05, 0) is 61.3 Å². The SMILES string of the molecule is Cc1[nH]n(-c2ccccc2)c(=O)c1C(c1ccc(NC(=O)COCCOCCN=[N+]=[N-])cc1)c1c(C)[nH]n(-c2nc(-c3ccc(C(F)(F)F)cc3)cs2)c1=O. The number of azide groups is 1. The topological polar surface area (TPSA) is 185 Å². The van der Waals surface area contributed by atoms with Gasteiger partial charge in [-0.3, -0.25) is 24.6 Å². The number of hydrogen-bond acceptors (Lipinski definition) is 8. The number of aromatic nitrogens is 5. The summed E-state index contributed by atoms with van der Waals surface area (Å²) < 4.78 is 52.7. The molecular formula is C37H34F3N9O5S. The van der Waals surface area contributed by atoms with Gasteiger partial charge in [0.15, 0.2) is 0 Å². The number of ether oxygens (including phenoxy) is 2. The second-order valence-electron chi connectivity index (χ2n) is 12.2. The van der Waals surface area contributed by atoms with Gasteiger partial charge in [0.25, 0.3) is 11.1 Å². The fourth-order valence-corrected chi connectivity index (χ4v) is 6.78. The molecule has 55 heavy (non-hydrogen) atoms. The Labute approximate surface area is 314 Å². The number of aromatic amines is 2. The maximum atomic E-state index is 14.4. The first-order valence-electron chi connectivity index (χ1n) is 16.8. The number of benzene rings is 3. The number of para-hydroxylation sites is 1. The Balaban J connectivity index is 1.30. The van der Waals surface area contributed by atoms with Crippen LogP contribution in [0.25, 0.3) is 32.5 Å². The zero-order valence-electron chi connectivity index (χ0n) is 29.5. The summed E-state index contributed by atoms with van der Waals surface area (Å²) in [6.45, 7) is 4.04. The second kappa shape index (κ2) is 16.9. The van der Waals surface area contributed by atoms with Crippen molar-refractivity contribution in [2.24, 2.45) is 5.11 Å². The van der Waals surface area contributed by atoms with Crippen molar-refractivity contribution in [2.45, 2.75) is 25.9 Å². The Morgan fingerprint density at radius 2 is 1.55 bits per heavy atom. The van der Waals surface area contributed by atoms with Crippen LogP contribution in [-0.4, -0.2) is 63.4 Å². The van der Waals surface area contributed by atoms with Crippen molar-refractivity contribution < 1.29 is 27.4 Å². The highest BCUT2D eigenvalue weighted by molar-refractivity contribution is 7.12. The van der Waals surface area contributed by atoms with Crippen molar-refractivity contribution in [3.63, 3.8) is 0 Å². The summed E-state index contributed by atoms with van der Waals surface area (Å²) in [4.78, 5) is 48.3. The van der Waals surface area contributed by atoms with Gasteiger partial charge in [-0.15, -0.1) is 11.3 Å². The quantitative estimate of drug-likeness (QED) is 0.0443. The number of carbonyl (C=O) groups excluding carboxylic acids is 1. The molecule has 1 atom stereocenters. The zero-order chi connectivity index (χ0) is 39.1. The molecule has 0 aliphatic rings. The number of aryl methyl sites for hydroxylation is 2. The number of alkyl halides is 3. The van der Waals surface area contributed by atoms with Crippen LogP contribution < -0.4 is 16.4 Å². The number of thiazole rings is 1. The molecule has 1 amide bonds. The van der Waals surface area contributed by atoms with Gasteiger partial charge < -0.3 is 14.8 Å². The maximum Gasteiger partial charge on any atom is 0.416 e. The summed E-state index contributed by atoms with van der Waals surface area (Å²) in [5.41, 5.74) is 10.7. The number of anilines is 1. The Morgan fingerprint density at radius 1 is 0.909 bits per heavy atom. The van der Waals surface area contributed by atoms with Gasteiger partial charge in [-0.1, -0.05) is 47.6 Å². The predicted molar refractivity (Wildman–Crippen MR) is 200 cm³/mol. The highest BCUT2D eigenvalue weighted by atomic mass is 32.1. The van der Waals surface area contributed by atoms with E-state index in [0.29, 0.717) is 45.1 Å². The summed E-state index contributed by atoms with van der Waals surface area (Å²) >= 11 is 1.13. The van der Waals surface area contributed by atoms with Crippen LogP contribution in [0.1, 0.15) is 39.6 Å². The van der Waals surface area contributed by atoms with Gasteiger partial charge in [0.05, 0.1) is 47.9 Å². The zero-order valence-corrected chi connectivity index (χ0v) is 30.3. The van der Waals surface area contributed by atoms with Crippen LogP contribution in [0.15, 0.2) is 98.9 Å². The first kappa shape index (κ1) is 38.5. The van der Waals surface area contributed by atoms with Crippen molar-refractivity contribution in [3.8, 4) is 22.1 Å². The van der Waals surface area contributed by atoms with Crippen molar-refractivity contribution in [2.75, 3.05) is 38.3 Å². The number of hydrogen-bond donors (Lipinski definition) is 3. The van der Waals surface area contributed by atoms with Crippen molar-refractivity contribution in [3.05, 3.63) is 149 Å². The monoisotopic (exact) mass is 773 g/mol. The third-order valence-corrected chi connectivity index (χ3v) is 9.37. The molecule has 0 fully saturated rings. The number of H-pyrrole nitrogens is 2. The van der Waals surface area contributed by atoms with Crippen LogP contribution in [0.2, 0.25) is 0 Å². The van der Waals surface area contributed by atoms with Gasteiger partial charge in [-0.25, -0.2) is 9.67 Å². The lowest BCUT2D eigenvalue weighted by molar-refractivity contribution is -0.137. The molecule has 284 valence electrons. The molecule has 18 heteroatoms. The smallest absolute Gasteiger partial charge is 0.379 e. The number of nitrogens with one attached hydrogen (secondary N) is 3. The summed E-state index contributed by atoms with van der Waals surface area (Å²) in [7, 11) is 0.